The first-order chi connectivity index (χ1) is 8.58. The Morgan fingerprint density at radius 1 is 1.17 bits per heavy atom. The molecule has 1 fully saturated rings. The second-order valence-electron chi connectivity index (χ2n) is 4.52. The van der Waals surface area contributed by atoms with Crippen LogP contribution < -0.4 is 5.32 Å². The second kappa shape index (κ2) is 6.02. The zero-order chi connectivity index (χ0) is 13.1. The molecule has 0 aliphatic heterocycles. The van der Waals surface area contributed by atoms with E-state index in [2.05, 4.69) is 37.2 Å². The zero-order valence-corrected chi connectivity index (χ0v) is 13.0. The lowest BCUT2D eigenvalue weighted by atomic mass is 9.95. The summed E-state index contributed by atoms with van der Waals surface area (Å²) in [5.41, 5.74) is 0.996. The largest absolute Gasteiger partial charge is 0.380 e. The van der Waals surface area contributed by atoms with E-state index in [0.717, 1.165) is 27.5 Å². The molecule has 0 aromatic heterocycles. The molecule has 4 nitrogen and oxygen atoms in total. The lowest BCUT2D eigenvalue weighted by Crippen LogP contribution is -2.22. The average molecular weight is 378 g/mol. The van der Waals surface area contributed by atoms with Crippen molar-refractivity contribution in [3.8, 4) is 0 Å². The van der Waals surface area contributed by atoms with Gasteiger partial charge in [-0.2, -0.15) is 0 Å². The fraction of sp³-hybridized carbons (Fsp3) is 0.500. The SMILES string of the molecule is O=[N+]([O-])c1cc(Br)c(NC2CCCCC2)c(Br)c1. The fourth-order valence-corrected chi connectivity index (χ4v) is 3.65. The van der Waals surface area contributed by atoms with Crippen molar-refractivity contribution in [2.45, 2.75) is 38.1 Å². The molecule has 2 rings (SSSR count). The maximum Gasteiger partial charge on any atom is 0.271 e. The third-order valence-corrected chi connectivity index (χ3v) is 4.44. The summed E-state index contributed by atoms with van der Waals surface area (Å²) >= 11 is 6.79. The van der Waals surface area contributed by atoms with Crippen LogP contribution in [0.4, 0.5) is 11.4 Å². The van der Waals surface area contributed by atoms with Crippen LogP contribution in [0.15, 0.2) is 21.1 Å². The van der Waals surface area contributed by atoms with E-state index in [4.69, 9.17) is 0 Å². The van der Waals surface area contributed by atoms with Gasteiger partial charge in [-0.15, -0.1) is 0 Å². The highest BCUT2D eigenvalue weighted by molar-refractivity contribution is 9.11. The third kappa shape index (κ3) is 3.23. The molecular formula is C12H14Br2N2O2. The molecule has 0 saturated heterocycles. The molecule has 98 valence electrons. The molecule has 6 heteroatoms. The van der Waals surface area contributed by atoms with Gasteiger partial charge in [0.15, 0.2) is 0 Å². The van der Waals surface area contributed by atoms with Gasteiger partial charge in [0, 0.05) is 27.1 Å². The number of nitrogens with zero attached hydrogens (tertiary/aromatic N) is 1. The van der Waals surface area contributed by atoms with Crippen molar-refractivity contribution in [3.63, 3.8) is 0 Å². The number of nitro benzene ring substituents is 1. The van der Waals surface area contributed by atoms with E-state index in [0.29, 0.717) is 6.04 Å². The van der Waals surface area contributed by atoms with Gasteiger partial charge in [0.1, 0.15) is 0 Å². The Morgan fingerprint density at radius 3 is 2.22 bits per heavy atom. The minimum absolute atomic E-state index is 0.0861. The Kier molecular flexibility index (Phi) is 4.61. The van der Waals surface area contributed by atoms with Crippen LogP contribution in [0.3, 0.4) is 0 Å². The van der Waals surface area contributed by atoms with Crippen molar-refractivity contribution >= 4 is 43.2 Å². The predicted octanol–water partition coefficient (Wildman–Crippen LogP) is 4.86. The van der Waals surface area contributed by atoms with Crippen LogP contribution in [-0.4, -0.2) is 11.0 Å². The first-order valence-electron chi connectivity index (χ1n) is 5.98. The average Bonchev–Trinajstić information content (AvgIpc) is 2.34. The molecule has 0 radical (unpaired) electrons. The summed E-state index contributed by atoms with van der Waals surface area (Å²) in [6.07, 6.45) is 6.13. The monoisotopic (exact) mass is 376 g/mol. The molecule has 0 heterocycles. The maximum atomic E-state index is 10.8. The van der Waals surface area contributed by atoms with Crippen LogP contribution in [0.1, 0.15) is 32.1 Å². The summed E-state index contributed by atoms with van der Waals surface area (Å²) in [5, 5.41) is 14.2. The Morgan fingerprint density at radius 2 is 1.72 bits per heavy atom. The first-order valence-corrected chi connectivity index (χ1v) is 7.56. The normalized spacial score (nSPS) is 16.6. The van der Waals surface area contributed by atoms with E-state index < -0.39 is 0 Å². The Labute approximate surface area is 123 Å². The maximum absolute atomic E-state index is 10.8. The summed E-state index contributed by atoms with van der Waals surface area (Å²) in [6.45, 7) is 0. The van der Waals surface area contributed by atoms with Gasteiger partial charge in [0.05, 0.1) is 10.6 Å². The van der Waals surface area contributed by atoms with Crippen molar-refractivity contribution in [2.24, 2.45) is 0 Å². The molecule has 1 N–H and O–H groups in total. The highest BCUT2D eigenvalue weighted by atomic mass is 79.9. The molecule has 1 aliphatic carbocycles. The van der Waals surface area contributed by atoms with E-state index in [1.807, 2.05) is 0 Å². The molecule has 1 aromatic carbocycles. The van der Waals surface area contributed by atoms with E-state index in [1.165, 1.54) is 31.4 Å². The van der Waals surface area contributed by atoms with E-state index in [1.54, 1.807) is 0 Å². The van der Waals surface area contributed by atoms with Gasteiger partial charge < -0.3 is 5.32 Å². The number of hydrogen-bond donors (Lipinski definition) is 1. The highest BCUT2D eigenvalue weighted by Gasteiger charge is 2.18. The topological polar surface area (TPSA) is 55.2 Å². The molecular weight excluding hydrogens is 364 g/mol. The smallest absolute Gasteiger partial charge is 0.271 e. The molecule has 0 bridgehead atoms. The van der Waals surface area contributed by atoms with Crippen LogP contribution in [0.5, 0.6) is 0 Å². The molecule has 18 heavy (non-hydrogen) atoms. The van der Waals surface area contributed by atoms with E-state index in [-0.39, 0.29) is 10.6 Å². The number of anilines is 1. The summed E-state index contributed by atoms with van der Waals surface area (Å²) in [6, 6.07) is 3.54. The minimum Gasteiger partial charge on any atom is -0.380 e. The van der Waals surface area contributed by atoms with Crippen LogP contribution in [-0.2, 0) is 0 Å². The number of hydrogen-bond acceptors (Lipinski definition) is 3. The summed E-state index contributed by atoms with van der Waals surface area (Å²) in [7, 11) is 0. The van der Waals surface area contributed by atoms with Crippen LogP contribution in [0.25, 0.3) is 0 Å². The fourth-order valence-electron chi connectivity index (χ4n) is 2.25. The molecule has 0 unspecified atom stereocenters. The first kappa shape index (κ1) is 13.8. The van der Waals surface area contributed by atoms with E-state index in [9.17, 15) is 10.1 Å². The van der Waals surface area contributed by atoms with Crippen molar-refractivity contribution in [2.75, 3.05) is 5.32 Å². The molecule has 1 aliphatic rings. The molecule has 0 atom stereocenters. The van der Waals surface area contributed by atoms with Crippen molar-refractivity contribution in [1.82, 2.24) is 0 Å². The number of benzene rings is 1. The number of nitro groups is 1. The quantitative estimate of drug-likeness (QED) is 0.604. The lowest BCUT2D eigenvalue weighted by Gasteiger charge is -2.25. The lowest BCUT2D eigenvalue weighted by molar-refractivity contribution is -0.385. The zero-order valence-electron chi connectivity index (χ0n) is 9.79. The van der Waals surface area contributed by atoms with Gasteiger partial charge in [-0.1, -0.05) is 19.3 Å². The van der Waals surface area contributed by atoms with Gasteiger partial charge >= 0.3 is 0 Å². The molecule has 0 amide bonds. The Bertz CT molecular complexity index is 436. The molecule has 1 aromatic rings. The van der Waals surface area contributed by atoms with Gasteiger partial charge in [-0.25, -0.2) is 0 Å². The minimum atomic E-state index is -0.389. The molecule has 0 spiro atoms. The highest BCUT2D eigenvalue weighted by Crippen LogP contribution is 2.36. The summed E-state index contributed by atoms with van der Waals surface area (Å²) in [4.78, 5) is 10.4. The van der Waals surface area contributed by atoms with Crippen molar-refractivity contribution in [3.05, 3.63) is 31.2 Å². The molecule has 1 saturated carbocycles. The van der Waals surface area contributed by atoms with Gasteiger partial charge in [0.2, 0.25) is 0 Å². The van der Waals surface area contributed by atoms with Crippen LogP contribution in [0.2, 0.25) is 0 Å². The number of nitrogens with one attached hydrogen (secondary N) is 1. The number of halogens is 2. The van der Waals surface area contributed by atoms with Gasteiger partial charge in [-0.05, 0) is 44.7 Å². The van der Waals surface area contributed by atoms with Crippen LogP contribution in [0, 0.1) is 10.1 Å². The summed E-state index contributed by atoms with van der Waals surface area (Å²) < 4.78 is 1.46. The predicted molar refractivity (Wildman–Crippen MR) is 79.0 cm³/mol. The van der Waals surface area contributed by atoms with E-state index >= 15 is 0 Å². The standard InChI is InChI=1S/C12H14Br2N2O2/c13-10-6-9(16(17)18)7-11(14)12(10)15-8-4-2-1-3-5-8/h6-8,15H,1-5H2. The Hall–Kier alpha value is -0.620. The van der Waals surface area contributed by atoms with Crippen molar-refractivity contribution in [1.29, 1.82) is 0 Å². The van der Waals surface area contributed by atoms with Crippen molar-refractivity contribution < 1.29 is 4.92 Å². The Balaban J connectivity index is 2.19. The number of non-ortho nitro benzene ring substituents is 1. The van der Waals surface area contributed by atoms with Gasteiger partial charge in [0.25, 0.3) is 5.69 Å². The number of rotatable bonds is 3. The second-order valence-corrected chi connectivity index (χ2v) is 6.23. The van der Waals surface area contributed by atoms with Gasteiger partial charge in [-0.3, -0.25) is 10.1 Å². The summed E-state index contributed by atoms with van der Waals surface area (Å²) in [5.74, 6) is 0. The third-order valence-electron chi connectivity index (χ3n) is 3.19. The van der Waals surface area contributed by atoms with Crippen LogP contribution >= 0.6 is 31.9 Å².